The maximum atomic E-state index is 11.3. The Morgan fingerprint density at radius 1 is 1.45 bits per heavy atom. The summed E-state index contributed by atoms with van der Waals surface area (Å²) in [5, 5.41) is 10.5. The Morgan fingerprint density at radius 2 is 2.20 bits per heavy atom. The van der Waals surface area contributed by atoms with Crippen LogP contribution in [0.3, 0.4) is 0 Å². The third-order valence-electron chi connectivity index (χ3n) is 3.59. The highest BCUT2D eigenvalue weighted by Gasteiger charge is 2.21. The zero-order valence-electron chi connectivity index (χ0n) is 11.1. The second kappa shape index (κ2) is 5.51. The molecule has 0 aromatic carbocycles. The minimum Gasteiger partial charge on any atom is -0.365 e. The third kappa shape index (κ3) is 2.56. The van der Waals surface area contributed by atoms with Gasteiger partial charge >= 0.3 is 0 Å². The highest BCUT2D eigenvalue weighted by molar-refractivity contribution is 14.1. The molecule has 0 unspecified atom stereocenters. The molecule has 1 amide bonds. The van der Waals surface area contributed by atoms with Crippen LogP contribution in [-0.2, 0) is 4.79 Å². The molecule has 0 spiro atoms. The predicted octanol–water partition coefficient (Wildman–Crippen LogP) is 1.38. The molecule has 7 nitrogen and oxygen atoms in total. The highest BCUT2D eigenvalue weighted by Crippen LogP contribution is 2.23. The number of halogens is 1. The molecule has 106 valence electrons. The molecular weight excluding hydrogens is 371 g/mol. The Morgan fingerprint density at radius 3 is 2.90 bits per heavy atom. The molecule has 20 heavy (non-hydrogen) atoms. The van der Waals surface area contributed by atoms with E-state index in [0.29, 0.717) is 6.04 Å². The summed E-state index contributed by atoms with van der Waals surface area (Å²) in [6.07, 6.45) is 3.40. The van der Waals surface area contributed by atoms with Gasteiger partial charge in [0, 0.05) is 26.1 Å². The molecule has 0 radical (unpaired) electrons. The topological polar surface area (TPSA) is 86.8 Å². The van der Waals surface area contributed by atoms with Gasteiger partial charge in [0.05, 0.1) is 0 Å². The molecule has 1 saturated heterocycles. The van der Waals surface area contributed by atoms with Crippen LogP contribution in [0.4, 0.5) is 5.82 Å². The quantitative estimate of drug-likeness (QED) is 0.762. The first-order valence-electron chi connectivity index (χ1n) is 6.52. The van der Waals surface area contributed by atoms with E-state index in [-0.39, 0.29) is 5.91 Å². The van der Waals surface area contributed by atoms with E-state index in [1.54, 1.807) is 13.3 Å². The van der Waals surface area contributed by atoms with E-state index >= 15 is 0 Å². The van der Waals surface area contributed by atoms with E-state index in [2.05, 4.69) is 48.1 Å². The molecule has 8 heteroatoms. The van der Waals surface area contributed by atoms with Crippen LogP contribution in [0.25, 0.3) is 11.0 Å². The fourth-order valence-corrected chi connectivity index (χ4v) is 2.98. The van der Waals surface area contributed by atoms with Gasteiger partial charge in [-0.1, -0.05) is 0 Å². The van der Waals surface area contributed by atoms with Crippen LogP contribution in [0.1, 0.15) is 19.8 Å². The number of piperidine rings is 1. The molecule has 0 atom stereocenters. The lowest BCUT2D eigenvalue weighted by molar-refractivity contribution is -0.129. The Balaban J connectivity index is 1.73. The molecular formula is C12H15IN6O. The van der Waals surface area contributed by atoms with Crippen LogP contribution in [0.2, 0.25) is 0 Å². The number of nitrogens with zero attached hydrogens (tertiary/aromatic N) is 4. The fraction of sp³-hybridized carbons (Fsp3) is 0.500. The van der Waals surface area contributed by atoms with Gasteiger partial charge in [-0.3, -0.25) is 9.89 Å². The van der Waals surface area contributed by atoms with Crippen molar-refractivity contribution in [1.29, 1.82) is 0 Å². The molecule has 2 N–H and O–H groups in total. The number of anilines is 1. The number of fused-ring (bicyclic) bond motifs is 1. The molecule has 3 heterocycles. The molecule has 1 aliphatic rings. The monoisotopic (exact) mass is 386 g/mol. The fourth-order valence-electron chi connectivity index (χ4n) is 2.45. The van der Waals surface area contributed by atoms with Gasteiger partial charge in [-0.05, 0) is 35.4 Å². The minimum atomic E-state index is 0.149. The summed E-state index contributed by atoms with van der Waals surface area (Å²) in [6, 6.07) is 0.324. The number of hydrogen-bond acceptors (Lipinski definition) is 5. The lowest BCUT2D eigenvalue weighted by atomic mass is 10.1. The van der Waals surface area contributed by atoms with Crippen LogP contribution >= 0.6 is 22.6 Å². The Labute approximate surface area is 129 Å². The molecule has 0 saturated carbocycles. The van der Waals surface area contributed by atoms with E-state index in [9.17, 15) is 4.79 Å². The van der Waals surface area contributed by atoms with Gasteiger partial charge in [0.25, 0.3) is 0 Å². The van der Waals surface area contributed by atoms with Gasteiger partial charge in [-0.2, -0.15) is 5.10 Å². The third-order valence-corrected chi connectivity index (χ3v) is 4.34. The molecule has 3 rings (SSSR count). The predicted molar refractivity (Wildman–Crippen MR) is 83.3 cm³/mol. The highest BCUT2D eigenvalue weighted by atomic mass is 127. The maximum absolute atomic E-state index is 11.3. The largest absolute Gasteiger partial charge is 0.365 e. The van der Waals surface area contributed by atoms with Crippen LogP contribution in [0, 0.1) is 3.70 Å². The maximum Gasteiger partial charge on any atom is 0.219 e. The van der Waals surface area contributed by atoms with Crippen molar-refractivity contribution in [3.05, 3.63) is 10.0 Å². The smallest absolute Gasteiger partial charge is 0.219 e. The number of carbonyl (C=O) groups excluding carboxylic acids is 1. The van der Waals surface area contributed by atoms with Gasteiger partial charge in [0.2, 0.25) is 5.91 Å². The first-order chi connectivity index (χ1) is 9.65. The number of aromatic amines is 1. The molecule has 1 fully saturated rings. The summed E-state index contributed by atoms with van der Waals surface area (Å²) in [5.41, 5.74) is 1.68. The number of hydrogen-bond donors (Lipinski definition) is 2. The number of rotatable bonds is 2. The van der Waals surface area contributed by atoms with E-state index in [4.69, 9.17) is 0 Å². The second-order valence-electron chi connectivity index (χ2n) is 4.88. The van der Waals surface area contributed by atoms with Crippen LogP contribution < -0.4 is 5.32 Å². The Hall–Kier alpha value is -1.45. The second-order valence-corrected chi connectivity index (χ2v) is 5.91. The number of H-pyrrole nitrogens is 1. The number of aromatic nitrogens is 4. The van der Waals surface area contributed by atoms with E-state index < -0.39 is 0 Å². The first kappa shape index (κ1) is 13.5. The molecule has 2 aromatic heterocycles. The van der Waals surface area contributed by atoms with Crippen molar-refractivity contribution in [3.8, 4) is 0 Å². The van der Waals surface area contributed by atoms with Crippen molar-refractivity contribution >= 4 is 45.3 Å². The molecule has 0 aliphatic carbocycles. The summed E-state index contributed by atoms with van der Waals surface area (Å²) in [6.45, 7) is 3.21. The van der Waals surface area contributed by atoms with Crippen molar-refractivity contribution < 1.29 is 4.79 Å². The lowest BCUT2D eigenvalue weighted by Gasteiger charge is -2.31. The number of likely N-dealkylation sites (tertiary alicyclic amines) is 1. The Bertz CT molecular complexity index is 634. The number of carbonyl (C=O) groups is 1. The van der Waals surface area contributed by atoms with Gasteiger partial charge in [0.1, 0.15) is 21.1 Å². The van der Waals surface area contributed by atoms with Crippen molar-refractivity contribution in [2.45, 2.75) is 25.8 Å². The van der Waals surface area contributed by atoms with E-state index in [1.807, 2.05) is 4.90 Å². The van der Waals surface area contributed by atoms with Crippen LogP contribution in [-0.4, -0.2) is 50.1 Å². The summed E-state index contributed by atoms with van der Waals surface area (Å²) < 4.78 is 0.842. The van der Waals surface area contributed by atoms with Crippen molar-refractivity contribution in [2.75, 3.05) is 18.4 Å². The zero-order chi connectivity index (χ0) is 14.1. The number of amides is 1. The summed E-state index contributed by atoms with van der Waals surface area (Å²) >= 11 is 2.15. The van der Waals surface area contributed by atoms with Gasteiger partial charge in [-0.15, -0.1) is 0 Å². The van der Waals surface area contributed by atoms with Gasteiger partial charge in [-0.25, -0.2) is 9.97 Å². The van der Waals surface area contributed by atoms with Crippen LogP contribution in [0.15, 0.2) is 6.33 Å². The minimum absolute atomic E-state index is 0.149. The average Bonchev–Trinajstić information content (AvgIpc) is 2.82. The van der Waals surface area contributed by atoms with Crippen molar-refractivity contribution in [2.24, 2.45) is 0 Å². The lowest BCUT2D eigenvalue weighted by Crippen LogP contribution is -2.41. The van der Waals surface area contributed by atoms with E-state index in [1.165, 1.54) is 0 Å². The van der Waals surface area contributed by atoms with Crippen molar-refractivity contribution in [1.82, 2.24) is 25.1 Å². The molecule has 2 aromatic rings. The number of nitrogens with one attached hydrogen (secondary N) is 2. The summed E-state index contributed by atoms with van der Waals surface area (Å²) in [7, 11) is 0. The summed E-state index contributed by atoms with van der Waals surface area (Å²) in [5.74, 6) is 0.933. The first-order valence-corrected chi connectivity index (χ1v) is 7.59. The van der Waals surface area contributed by atoms with Gasteiger partial charge < -0.3 is 10.2 Å². The Kier molecular flexibility index (Phi) is 3.72. The average molecular weight is 386 g/mol. The van der Waals surface area contributed by atoms with E-state index in [0.717, 1.165) is 46.5 Å². The van der Waals surface area contributed by atoms with Crippen LogP contribution in [0.5, 0.6) is 0 Å². The van der Waals surface area contributed by atoms with Crippen molar-refractivity contribution in [3.63, 3.8) is 0 Å². The standard InChI is InChI=1S/C12H15IN6O/c1-7(20)19-4-2-8(3-5-19)16-12-10-9(14-6-15-12)11(13)18-17-10/h6,8H,2-5H2,1H3,(H,17,18)(H,14,15,16). The zero-order valence-corrected chi connectivity index (χ0v) is 13.2. The molecule has 0 bridgehead atoms. The normalized spacial score (nSPS) is 16.6. The SMILES string of the molecule is CC(=O)N1CCC(Nc2ncnc3c(I)n[nH]c23)CC1. The summed E-state index contributed by atoms with van der Waals surface area (Å²) in [4.78, 5) is 21.7. The molecule has 1 aliphatic heterocycles. The van der Waals surface area contributed by atoms with Gasteiger partial charge in [0.15, 0.2) is 5.82 Å².